The average Bonchev–Trinajstić information content (AvgIpc) is 3.00. The van der Waals surface area contributed by atoms with E-state index in [0.29, 0.717) is 12.0 Å². The van der Waals surface area contributed by atoms with Crippen LogP contribution in [0.5, 0.6) is 0 Å². The van der Waals surface area contributed by atoms with E-state index < -0.39 is 0 Å². The van der Waals surface area contributed by atoms with Crippen molar-refractivity contribution >= 4 is 17.3 Å². The largest absolute Gasteiger partial charge is 0.378 e. The van der Waals surface area contributed by atoms with Gasteiger partial charge in [0.05, 0.1) is 16.8 Å². The van der Waals surface area contributed by atoms with Crippen molar-refractivity contribution in [1.82, 2.24) is 15.6 Å². The van der Waals surface area contributed by atoms with E-state index in [9.17, 15) is 0 Å². The Morgan fingerprint density at radius 3 is 2.61 bits per heavy atom. The summed E-state index contributed by atoms with van der Waals surface area (Å²) in [5.41, 5.74) is 1.16. The number of guanidine groups is 1. The SMILES string of the molecule is CCOC(CCNC(=NC)NCCc1csc(CC)n1)C(C)C. The number of thiazole rings is 1. The van der Waals surface area contributed by atoms with Gasteiger partial charge in [0.1, 0.15) is 0 Å². The maximum absolute atomic E-state index is 5.76. The second-order valence-electron chi connectivity index (χ2n) is 5.79. The van der Waals surface area contributed by atoms with Gasteiger partial charge in [0.25, 0.3) is 0 Å². The normalized spacial score (nSPS) is 13.4. The molecule has 0 saturated carbocycles. The monoisotopic (exact) mass is 340 g/mol. The van der Waals surface area contributed by atoms with Gasteiger partial charge in [-0.1, -0.05) is 20.8 Å². The molecule has 5 nitrogen and oxygen atoms in total. The van der Waals surface area contributed by atoms with E-state index >= 15 is 0 Å². The van der Waals surface area contributed by atoms with Crippen LogP contribution in [0, 0.1) is 5.92 Å². The summed E-state index contributed by atoms with van der Waals surface area (Å²) < 4.78 is 5.76. The van der Waals surface area contributed by atoms with Gasteiger partial charge in [-0.05, 0) is 25.7 Å². The lowest BCUT2D eigenvalue weighted by atomic mass is 10.0. The van der Waals surface area contributed by atoms with Crippen molar-refractivity contribution in [2.75, 3.05) is 26.7 Å². The lowest BCUT2D eigenvalue weighted by molar-refractivity contribution is 0.0258. The summed E-state index contributed by atoms with van der Waals surface area (Å²) in [6.07, 6.45) is 3.22. The summed E-state index contributed by atoms with van der Waals surface area (Å²) in [5, 5.41) is 10.1. The Morgan fingerprint density at radius 1 is 1.30 bits per heavy atom. The lowest BCUT2D eigenvalue weighted by Gasteiger charge is -2.21. The number of aromatic nitrogens is 1. The Morgan fingerprint density at radius 2 is 2.04 bits per heavy atom. The predicted molar refractivity (Wildman–Crippen MR) is 99.4 cm³/mol. The summed E-state index contributed by atoms with van der Waals surface area (Å²) in [6, 6.07) is 0. The minimum absolute atomic E-state index is 0.299. The highest BCUT2D eigenvalue weighted by Gasteiger charge is 2.12. The van der Waals surface area contributed by atoms with E-state index in [1.807, 2.05) is 6.92 Å². The van der Waals surface area contributed by atoms with Crippen molar-refractivity contribution in [3.8, 4) is 0 Å². The number of nitrogens with zero attached hydrogens (tertiary/aromatic N) is 2. The number of ether oxygens (including phenoxy) is 1. The van der Waals surface area contributed by atoms with Crippen LogP contribution in [0.15, 0.2) is 10.4 Å². The number of aryl methyl sites for hydroxylation is 1. The van der Waals surface area contributed by atoms with Crippen LogP contribution in [0.2, 0.25) is 0 Å². The number of hydrogen-bond acceptors (Lipinski definition) is 4. The molecule has 0 radical (unpaired) electrons. The molecule has 1 unspecified atom stereocenters. The average molecular weight is 341 g/mol. The summed E-state index contributed by atoms with van der Waals surface area (Å²) in [7, 11) is 1.80. The molecule has 0 aromatic carbocycles. The van der Waals surface area contributed by atoms with Crippen LogP contribution in [0.25, 0.3) is 0 Å². The van der Waals surface area contributed by atoms with Gasteiger partial charge in [-0.2, -0.15) is 0 Å². The van der Waals surface area contributed by atoms with Crippen LogP contribution in [-0.2, 0) is 17.6 Å². The van der Waals surface area contributed by atoms with Gasteiger partial charge in [0.2, 0.25) is 0 Å². The second-order valence-corrected chi connectivity index (χ2v) is 6.73. The molecule has 0 amide bonds. The molecule has 0 saturated heterocycles. The number of nitrogens with one attached hydrogen (secondary N) is 2. The first-order valence-corrected chi connectivity index (χ1v) is 9.48. The molecule has 0 aliphatic heterocycles. The van der Waals surface area contributed by atoms with Crippen molar-refractivity contribution in [3.05, 3.63) is 16.1 Å². The molecular formula is C17H32N4OS. The third-order valence-electron chi connectivity index (χ3n) is 3.64. The van der Waals surface area contributed by atoms with E-state index in [1.165, 1.54) is 5.01 Å². The highest BCUT2D eigenvalue weighted by Crippen LogP contribution is 2.10. The zero-order chi connectivity index (χ0) is 17.1. The molecule has 1 aromatic rings. The number of aliphatic imine (C=N–C) groups is 1. The Balaban J connectivity index is 2.26. The predicted octanol–water partition coefficient (Wildman–Crippen LogP) is 2.86. The fourth-order valence-corrected chi connectivity index (χ4v) is 3.09. The van der Waals surface area contributed by atoms with Crippen LogP contribution >= 0.6 is 11.3 Å². The highest BCUT2D eigenvalue weighted by molar-refractivity contribution is 7.09. The van der Waals surface area contributed by atoms with Gasteiger partial charge in [0, 0.05) is 38.5 Å². The fourth-order valence-electron chi connectivity index (χ4n) is 2.31. The topological polar surface area (TPSA) is 58.5 Å². The van der Waals surface area contributed by atoms with Crippen molar-refractivity contribution in [2.45, 2.75) is 53.1 Å². The molecule has 0 bridgehead atoms. The maximum atomic E-state index is 5.76. The standard InChI is InChI=1S/C17H32N4OS/c1-6-16-21-14(12-23-16)8-10-19-17(18-5)20-11-9-15(13(3)4)22-7-2/h12-13,15H,6-11H2,1-5H3,(H2,18,19,20). The molecule has 0 spiro atoms. The van der Waals surface area contributed by atoms with Gasteiger partial charge in [-0.25, -0.2) is 4.98 Å². The molecule has 1 aromatic heterocycles. The van der Waals surface area contributed by atoms with Crippen molar-refractivity contribution in [1.29, 1.82) is 0 Å². The summed E-state index contributed by atoms with van der Waals surface area (Å²) in [6.45, 7) is 11.1. The quantitative estimate of drug-likeness (QED) is 0.508. The van der Waals surface area contributed by atoms with Crippen molar-refractivity contribution < 1.29 is 4.74 Å². The van der Waals surface area contributed by atoms with Crippen molar-refractivity contribution in [2.24, 2.45) is 10.9 Å². The smallest absolute Gasteiger partial charge is 0.190 e. The number of hydrogen-bond donors (Lipinski definition) is 2. The molecule has 0 aliphatic rings. The summed E-state index contributed by atoms with van der Waals surface area (Å²) in [4.78, 5) is 8.84. The second kappa shape index (κ2) is 11.4. The van der Waals surface area contributed by atoms with Gasteiger partial charge >= 0.3 is 0 Å². The Bertz CT molecular complexity index is 459. The molecule has 132 valence electrons. The van der Waals surface area contributed by atoms with Crippen molar-refractivity contribution in [3.63, 3.8) is 0 Å². The van der Waals surface area contributed by atoms with Crippen LogP contribution < -0.4 is 10.6 Å². The highest BCUT2D eigenvalue weighted by atomic mass is 32.1. The fraction of sp³-hybridized carbons (Fsp3) is 0.765. The van der Waals surface area contributed by atoms with Gasteiger partial charge in [-0.3, -0.25) is 4.99 Å². The molecule has 1 heterocycles. The van der Waals surface area contributed by atoms with E-state index in [2.05, 4.69) is 46.8 Å². The third-order valence-corrected chi connectivity index (χ3v) is 4.69. The lowest BCUT2D eigenvalue weighted by Crippen LogP contribution is -2.40. The third kappa shape index (κ3) is 7.79. The van der Waals surface area contributed by atoms with E-state index in [0.717, 1.165) is 50.6 Å². The molecule has 0 aliphatic carbocycles. The van der Waals surface area contributed by atoms with Crippen LogP contribution in [0.3, 0.4) is 0 Å². The van der Waals surface area contributed by atoms with E-state index in [1.54, 1.807) is 18.4 Å². The minimum Gasteiger partial charge on any atom is -0.378 e. The van der Waals surface area contributed by atoms with Crippen LogP contribution in [-0.4, -0.2) is 43.8 Å². The molecule has 1 atom stereocenters. The molecule has 0 fully saturated rings. The van der Waals surface area contributed by atoms with Gasteiger partial charge in [-0.15, -0.1) is 11.3 Å². The van der Waals surface area contributed by atoms with Gasteiger partial charge < -0.3 is 15.4 Å². The zero-order valence-corrected chi connectivity index (χ0v) is 16.0. The first kappa shape index (κ1) is 19.9. The molecule has 23 heavy (non-hydrogen) atoms. The molecular weight excluding hydrogens is 308 g/mol. The number of rotatable bonds is 10. The first-order valence-electron chi connectivity index (χ1n) is 8.60. The molecule has 6 heteroatoms. The minimum atomic E-state index is 0.299. The Kier molecular flexibility index (Phi) is 9.87. The van der Waals surface area contributed by atoms with Crippen LogP contribution in [0.1, 0.15) is 44.8 Å². The zero-order valence-electron chi connectivity index (χ0n) is 15.2. The molecule has 2 N–H and O–H groups in total. The van der Waals surface area contributed by atoms with E-state index in [4.69, 9.17) is 4.74 Å². The first-order chi connectivity index (χ1) is 11.1. The molecule has 1 rings (SSSR count). The van der Waals surface area contributed by atoms with E-state index in [-0.39, 0.29) is 0 Å². The Hall–Kier alpha value is -1.14. The van der Waals surface area contributed by atoms with Crippen LogP contribution in [0.4, 0.5) is 0 Å². The maximum Gasteiger partial charge on any atom is 0.190 e. The summed E-state index contributed by atoms with van der Waals surface area (Å²) in [5.74, 6) is 1.37. The van der Waals surface area contributed by atoms with Gasteiger partial charge in [0.15, 0.2) is 5.96 Å². The summed E-state index contributed by atoms with van der Waals surface area (Å²) >= 11 is 1.74. The Labute approximate surface area is 145 Å².